The Labute approximate surface area is 209 Å². The summed E-state index contributed by atoms with van der Waals surface area (Å²) in [5.74, 6) is -1.75. The van der Waals surface area contributed by atoms with E-state index in [-0.39, 0.29) is 64.2 Å². The Morgan fingerprint density at radius 1 is 0.741 bits per heavy atom. The van der Waals surface area contributed by atoms with Crippen molar-refractivity contribution in [2.75, 3.05) is 0 Å². The number of carbonyl (C=O) groups excluding carboxylic acids is 2. The molecule has 0 atom stereocenters. The van der Waals surface area contributed by atoms with Crippen LogP contribution in [-0.4, -0.2) is 11.9 Å². The van der Waals surface area contributed by atoms with Crippen LogP contribution in [0.15, 0.2) is 12.3 Å². The number of carboxylic acid groups (broad SMARTS) is 1. The molecule has 5 heteroatoms. The first-order chi connectivity index (χ1) is 12.7. The maximum Gasteiger partial charge on any atom is 1.00 e. The predicted molar refractivity (Wildman–Crippen MR) is 104 cm³/mol. The summed E-state index contributed by atoms with van der Waals surface area (Å²) in [6, 6.07) is 0. The molecule has 27 heavy (non-hydrogen) atoms. The fourth-order valence-electron chi connectivity index (χ4n) is 2.91. The Morgan fingerprint density at radius 3 is 1.63 bits per heavy atom. The number of esters is 1. The molecule has 0 aliphatic carbocycles. The minimum absolute atomic E-state index is 0. The molecule has 0 rings (SSSR count). The second-order valence-electron chi connectivity index (χ2n) is 7.12. The molecule has 0 N–H and O–H groups in total. The van der Waals surface area contributed by atoms with E-state index in [9.17, 15) is 14.7 Å². The Hall–Kier alpha value is 0.316. The van der Waals surface area contributed by atoms with Crippen LogP contribution >= 0.6 is 0 Å². The summed E-state index contributed by atoms with van der Waals surface area (Å²) in [6.45, 7) is 2.26. The third-order valence-electron chi connectivity index (χ3n) is 4.55. The first-order valence-corrected chi connectivity index (χ1v) is 10.7. The van der Waals surface area contributed by atoms with Crippen molar-refractivity contribution in [3.8, 4) is 0 Å². The fraction of sp³-hybridized carbons (Fsp3) is 0.818. The number of rotatable bonds is 19. The zero-order valence-electron chi connectivity index (χ0n) is 17.8. The van der Waals surface area contributed by atoms with Gasteiger partial charge in [-0.05, 0) is 25.3 Å². The molecule has 0 aromatic heterocycles. The number of ether oxygens (including phenoxy) is 1. The topological polar surface area (TPSA) is 66.4 Å². The number of carbonyl (C=O) groups is 2. The van der Waals surface area contributed by atoms with Gasteiger partial charge in [-0.25, -0.2) is 0 Å². The maximum absolute atomic E-state index is 11.1. The molecule has 4 nitrogen and oxygen atoms in total. The number of allylic oxidation sites excluding steroid dienone is 1. The van der Waals surface area contributed by atoms with Gasteiger partial charge in [0.15, 0.2) is 0 Å². The molecule has 0 fully saturated rings. The Morgan fingerprint density at radius 2 is 1.19 bits per heavy atom. The zero-order valence-corrected chi connectivity index (χ0v) is 20.9. The van der Waals surface area contributed by atoms with Crippen LogP contribution in [0.4, 0.5) is 0 Å². The third-order valence-corrected chi connectivity index (χ3v) is 4.55. The standard InChI is InChI=1S/C22H40O4.K/c1-2-3-4-5-6-7-8-9-10-11-12-13-14-15-16-17-20-26-22(25)19-18-21(23)24;/h17,20H,2-16,18-19H2,1H3,(H,23,24);/q;+1/p-1. The van der Waals surface area contributed by atoms with E-state index in [1.807, 2.05) is 6.08 Å². The smallest absolute Gasteiger partial charge is 0.550 e. The summed E-state index contributed by atoms with van der Waals surface area (Å²) in [7, 11) is 0. The van der Waals surface area contributed by atoms with E-state index in [4.69, 9.17) is 4.74 Å². The molecule has 0 unspecified atom stereocenters. The van der Waals surface area contributed by atoms with Crippen LogP contribution in [-0.2, 0) is 14.3 Å². The summed E-state index contributed by atoms with van der Waals surface area (Å²) in [5, 5.41) is 10.2. The summed E-state index contributed by atoms with van der Waals surface area (Å²) in [5.41, 5.74) is 0. The first kappa shape index (κ1) is 29.5. The SMILES string of the molecule is CCCCCCCCCCCCCCCCC=COC(=O)CCC(=O)[O-].[K+]. The van der Waals surface area contributed by atoms with Gasteiger partial charge in [0.2, 0.25) is 0 Å². The molecule has 0 aromatic rings. The minimum atomic E-state index is -1.23. The summed E-state index contributed by atoms with van der Waals surface area (Å²) in [4.78, 5) is 21.3. The number of carboxylic acids is 1. The average Bonchev–Trinajstić information content (AvgIpc) is 2.62. The molecule has 0 aromatic carbocycles. The predicted octanol–water partition coefficient (Wildman–Crippen LogP) is 2.45. The number of unbranched alkanes of at least 4 members (excludes halogenated alkanes) is 14. The van der Waals surface area contributed by atoms with Gasteiger partial charge in [-0.1, -0.05) is 90.4 Å². The van der Waals surface area contributed by atoms with Crippen LogP contribution in [0.2, 0.25) is 0 Å². The third kappa shape index (κ3) is 26.3. The fourth-order valence-corrected chi connectivity index (χ4v) is 2.91. The van der Waals surface area contributed by atoms with Crippen LogP contribution in [0, 0.1) is 0 Å². The summed E-state index contributed by atoms with van der Waals surface area (Å²) >= 11 is 0. The van der Waals surface area contributed by atoms with Gasteiger partial charge in [-0.15, -0.1) is 0 Å². The Bertz CT molecular complexity index is 369. The molecule has 0 saturated carbocycles. The van der Waals surface area contributed by atoms with Crippen molar-refractivity contribution in [2.45, 2.75) is 116 Å². The number of hydrogen-bond donors (Lipinski definition) is 0. The van der Waals surface area contributed by atoms with E-state index < -0.39 is 11.9 Å². The largest absolute Gasteiger partial charge is 1.00 e. The second kappa shape index (κ2) is 24.4. The van der Waals surface area contributed by atoms with Crippen molar-refractivity contribution in [3.63, 3.8) is 0 Å². The molecule has 0 aliphatic rings. The van der Waals surface area contributed by atoms with Crippen LogP contribution in [0.1, 0.15) is 116 Å². The van der Waals surface area contributed by atoms with Crippen molar-refractivity contribution < 1.29 is 70.8 Å². The van der Waals surface area contributed by atoms with Crippen LogP contribution in [0.25, 0.3) is 0 Å². The average molecular weight is 407 g/mol. The summed E-state index contributed by atoms with van der Waals surface area (Å²) in [6.07, 6.45) is 22.5. The zero-order chi connectivity index (χ0) is 19.3. The van der Waals surface area contributed by atoms with Crippen molar-refractivity contribution in [3.05, 3.63) is 12.3 Å². The van der Waals surface area contributed by atoms with Crippen molar-refractivity contribution in [2.24, 2.45) is 0 Å². The van der Waals surface area contributed by atoms with Crippen LogP contribution in [0.3, 0.4) is 0 Å². The van der Waals surface area contributed by atoms with Gasteiger partial charge >= 0.3 is 57.4 Å². The van der Waals surface area contributed by atoms with Crippen LogP contribution < -0.4 is 56.5 Å². The molecule has 0 amide bonds. The monoisotopic (exact) mass is 406 g/mol. The van der Waals surface area contributed by atoms with E-state index in [2.05, 4.69) is 6.92 Å². The Balaban J connectivity index is 0. The van der Waals surface area contributed by atoms with Crippen LogP contribution in [0.5, 0.6) is 0 Å². The van der Waals surface area contributed by atoms with Gasteiger partial charge < -0.3 is 14.6 Å². The molecular formula is C22H39KO4. The van der Waals surface area contributed by atoms with Gasteiger partial charge in [0, 0.05) is 5.97 Å². The first-order valence-electron chi connectivity index (χ1n) is 10.7. The minimum Gasteiger partial charge on any atom is -0.550 e. The molecule has 0 spiro atoms. The normalized spacial score (nSPS) is 10.7. The van der Waals surface area contributed by atoms with E-state index in [0.717, 1.165) is 12.8 Å². The van der Waals surface area contributed by atoms with Gasteiger partial charge in [0.25, 0.3) is 0 Å². The van der Waals surface area contributed by atoms with Gasteiger partial charge in [-0.2, -0.15) is 0 Å². The van der Waals surface area contributed by atoms with E-state index in [1.54, 1.807) is 0 Å². The van der Waals surface area contributed by atoms with Gasteiger partial charge in [0.05, 0.1) is 12.7 Å². The van der Waals surface area contributed by atoms with Crippen molar-refractivity contribution >= 4 is 11.9 Å². The van der Waals surface area contributed by atoms with E-state index in [0.29, 0.717) is 0 Å². The van der Waals surface area contributed by atoms with Crippen molar-refractivity contribution in [1.82, 2.24) is 0 Å². The van der Waals surface area contributed by atoms with Gasteiger partial charge in [0.1, 0.15) is 0 Å². The summed E-state index contributed by atoms with van der Waals surface area (Å²) < 4.78 is 4.80. The molecular weight excluding hydrogens is 367 g/mol. The molecule has 152 valence electrons. The maximum atomic E-state index is 11.1. The molecule has 0 heterocycles. The Kier molecular flexibility index (Phi) is 26.6. The van der Waals surface area contributed by atoms with E-state index >= 15 is 0 Å². The van der Waals surface area contributed by atoms with Crippen molar-refractivity contribution in [1.29, 1.82) is 0 Å². The number of aliphatic carboxylic acids is 1. The second-order valence-corrected chi connectivity index (χ2v) is 7.12. The quantitative estimate of drug-likeness (QED) is 0.143. The molecule has 0 bridgehead atoms. The molecule has 0 radical (unpaired) electrons. The molecule has 0 aliphatic heterocycles. The number of hydrogen-bond acceptors (Lipinski definition) is 4. The van der Waals surface area contributed by atoms with E-state index in [1.165, 1.54) is 89.7 Å². The molecule has 0 saturated heterocycles. The van der Waals surface area contributed by atoms with Gasteiger partial charge in [-0.3, -0.25) is 4.79 Å².